The van der Waals surface area contributed by atoms with Gasteiger partial charge in [0, 0.05) is 25.0 Å². The summed E-state index contributed by atoms with van der Waals surface area (Å²) in [6.07, 6.45) is 5.17. The van der Waals surface area contributed by atoms with Gasteiger partial charge in [-0.25, -0.2) is 4.98 Å². The number of rotatable bonds is 3. The Morgan fingerprint density at radius 3 is 2.62 bits per heavy atom. The van der Waals surface area contributed by atoms with Crippen LogP contribution in [0.5, 0.6) is 0 Å². The first-order valence-electron chi connectivity index (χ1n) is 6.67. The van der Waals surface area contributed by atoms with Crippen LogP contribution < -0.4 is 5.32 Å². The lowest BCUT2D eigenvalue weighted by molar-refractivity contribution is 0.901. The number of aromatic nitrogens is 5. The van der Waals surface area contributed by atoms with Crippen molar-refractivity contribution < 1.29 is 0 Å². The Morgan fingerprint density at radius 2 is 1.95 bits per heavy atom. The highest BCUT2D eigenvalue weighted by Crippen LogP contribution is 2.22. The van der Waals surface area contributed by atoms with E-state index in [1.807, 2.05) is 6.07 Å². The second kappa shape index (κ2) is 5.32. The number of nitrogens with zero attached hydrogens (tertiary/aromatic N) is 5. The lowest BCUT2D eigenvalue weighted by Gasteiger charge is -2.09. The molecule has 1 aromatic carbocycles. The molecule has 0 unspecified atom stereocenters. The van der Waals surface area contributed by atoms with Crippen molar-refractivity contribution in [2.45, 2.75) is 13.8 Å². The molecule has 0 aliphatic carbocycles. The third kappa shape index (κ3) is 2.60. The van der Waals surface area contributed by atoms with Crippen molar-refractivity contribution in [1.29, 1.82) is 0 Å². The average molecular weight is 280 g/mol. The maximum absolute atomic E-state index is 4.55. The van der Waals surface area contributed by atoms with Crippen LogP contribution in [-0.4, -0.2) is 31.6 Å². The van der Waals surface area contributed by atoms with E-state index < -0.39 is 0 Å². The van der Waals surface area contributed by atoms with E-state index in [2.05, 4.69) is 51.2 Å². The third-order valence-corrected chi connectivity index (χ3v) is 3.21. The van der Waals surface area contributed by atoms with Gasteiger partial charge in [0.1, 0.15) is 6.33 Å². The van der Waals surface area contributed by atoms with Crippen LogP contribution in [-0.2, 0) is 0 Å². The van der Waals surface area contributed by atoms with Gasteiger partial charge in [-0.15, -0.1) is 0 Å². The maximum Gasteiger partial charge on any atom is 0.240 e. The minimum absolute atomic E-state index is 0.531. The molecule has 0 bridgehead atoms. The van der Waals surface area contributed by atoms with Gasteiger partial charge in [0.05, 0.1) is 0 Å². The van der Waals surface area contributed by atoms with E-state index in [1.54, 1.807) is 30.3 Å². The van der Waals surface area contributed by atoms with Crippen molar-refractivity contribution in [3.05, 3.63) is 48.0 Å². The van der Waals surface area contributed by atoms with Gasteiger partial charge in [0.25, 0.3) is 0 Å². The predicted octanol–water partition coefficient (Wildman–Crippen LogP) is 2.38. The summed E-state index contributed by atoms with van der Waals surface area (Å²) in [4.78, 5) is 17.4. The zero-order chi connectivity index (χ0) is 14.8. The van der Waals surface area contributed by atoms with Gasteiger partial charge < -0.3 is 5.32 Å². The van der Waals surface area contributed by atoms with Crippen molar-refractivity contribution in [2.75, 3.05) is 12.4 Å². The third-order valence-electron chi connectivity index (χ3n) is 3.21. The molecular formula is C15H16N6. The quantitative estimate of drug-likeness (QED) is 0.797. The minimum Gasteiger partial charge on any atom is -0.357 e. The van der Waals surface area contributed by atoms with Gasteiger partial charge in [-0.05, 0) is 19.4 Å². The molecule has 6 nitrogen and oxygen atoms in total. The van der Waals surface area contributed by atoms with Crippen molar-refractivity contribution in [3.63, 3.8) is 0 Å². The molecule has 0 aliphatic heterocycles. The fourth-order valence-electron chi connectivity index (χ4n) is 2.15. The highest BCUT2D eigenvalue weighted by molar-refractivity contribution is 5.62. The molecule has 21 heavy (non-hydrogen) atoms. The second-order valence-electron chi connectivity index (χ2n) is 4.82. The van der Waals surface area contributed by atoms with Crippen LogP contribution in [0.15, 0.2) is 36.9 Å². The van der Waals surface area contributed by atoms with Crippen LogP contribution in [0, 0.1) is 13.8 Å². The first-order chi connectivity index (χ1) is 10.2. The van der Waals surface area contributed by atoms with Gasteiger partial charge in [-0.1, -0.05) is 23.8 Å². The molecule has 0 aliphatic rings. The van der Waals surface area contributed by atoms with Crippen LogP contribution in [0.25, 0.3) is 17.3 Å². The summed E-state index contributed by atoms with van der Waals surface area (Å²) < 4.78 is 1.76. The fraction of sp³-hybridized carbons (Fsp3) is 0.200. The van der Waals surface area contributed by atoms with Crippen molar-refractivity contribution in [3.8, 4) is 17.3 Å². The Labute approximate surface area is 122 Å². The topological polar surface area (TPSA) is 68.5 Å². The van der Waals surface area contributed by atoms with Crippen LogP contribution in [0.4, 0.5) is 5.95 Å². The van der Waals surface area contributed by atoms with Crippen LogP contribution >= 0.6 is 0 Å². The lowest BCUT2D eigenvalue weighted by Crippen LogP contribution is -2.07. The zero-order valence-corrected chi connectivity index (χ0v) is 12.2. The molecule has 0 atom stereocenters. The van der Waals surface area contributed by atoms with Gasteiger partial charge in [0.15, 0.2) is 5.82 Å². The predicted molar refractivity (Wildman–Crippen MR) is 81.4 cm³/mol. The molecule has 6 heteroatoms. The Balaban J connectivity index is 2.16. The van der Waals surface area contributed by atoms with Crippen molar-refractivity contribution in [1.82, 2.24) is 24.5 Å². The summed E-state index contributed by atoms with van der Waals surface area (Å²) in [6.45, 7) is 4.13. The monoisotopic (exact) mass is 280 g/mol. The van der Waals surface area contributed by atoms with E-state index in [4.69, 9.17) is 0 Å². The number of nitrogens with one attached hydrogen (secondary N) is 1. The van der Waals surface area contributed by atoms with Gasteiger partial charge in [-0.3, -0.25) is 4.57 Å². The Morgan fingerprint density at radius 1 is 1.10 bits per heavy atom. The van der Waals surface area contributed by atoms with E-state index in [1.165, 1.54) is 5.56 Å². The van der Waals surface area contributed by atoms with Crippen molar-refractivity contribution >= 4 is 5.95 Å². The normalized spacial score (nSPS) is 10.6. The SMILES string of the molecule is CNc1nc(-c2ccc(C)cc2C)nc(-n2ccnc2)n1. The first-order valence-corrected chi connectivity index (χ1v) is 6.67. The maximum atomic E-state index is 4.55. The molecule has 0 fully saturated rings. The summed E-state index contributed by atoms with van der Waals surface area (Å²) >= 11 is 0. The van der Waals surface area contributed by atoms with E-state index in [-0.39, 0.29) is 0 Å². The Hall–Kier alpha value is -2.76. The lowest BCUT2D eigenvalue weighted by atomic mass is 10.1. The van der Waals surface area contributed by atoms with Crippen LogP contribution in [0.2, 0.25) is 0 Å². The molecule has 2 aromatic heterocycles. The summed E-state index contributed by atoms with van der Waals surface area (Å²) in [6, 6.07) is 6.22. The molecule has 2 heterocycles. The average Bonchev–Trinajstić information content (AvgIpc) is 3.01. The number of anilines is 1. The van der Waals surface area contributed by atoms with E-state index in [0.717, 1.165) is 11.1 Å². The van der Waals surface area contributed by atoms with Crippen LogP contribution in [0.3, 0.4) is 0 Å². The Kier molecular flexibility index (Phi) is 3.35. The Bertz CT molecular complexity index is 764. The second-order valence-corrected chi connectivity index (χ2v) is 4.82. The number of benzene rings is 1. The molecule has 3 aromatic rings. The van der Waals surface area contributed by atoms with Crippen LogP contribution in [0.1, 0.15) is 11.1 Å². The van der Waals surface area contributed by atoms with Crippen molar-refractivity contribution in [2.24, 2.45) is 0 Å². The van der Waals surface area contributed by atoms with Gasteiger partial charge in [0.2, 0.25) is 11.9 Å². The van der Waals surface area contributed by atoms with E-state index >= 15 is 0 Å². The largest absolute Gasteiger partial charge is 0.357 e. The molecule has 0 amide bonds. The first kappa shape index (κ1) is 13.2. The number of hydrogen-bond acceptors (Lipinski definition) is 5. The minimum atomic E-state index is 0.531. The highest BCUT2D eigenvalue weighted by Gasteiger charge is 2.11. The van der Waals surface area contributed by atoms with Gasteiger partial charge in [-0.2, -0.15) is 15.0 Å². The molecular weight excluding hydrogens is 264 g/mol. The summed E-state index contributed by atoms with van der Waals surface area (Å²) in [5.41, 5.74) is 3.36. The summed E-state index contributed by atoms with van der Waals surface area (Å²) in [7, 11) is 1.79. The standard InChI is InChI=1S/C15H16N6/c1-10-4-5-12(11(2)8-10)13-18-14(16-3)20-15(19-13)21-7-6-17-9-21/h4-9H,1-3H3,(H,16,18,19,20). The number of imidazole rings is 1. The summed E-state index contributed by atoms with van der Waals surface area (Å²) in [5, 5.41) is 2.97. The molecule has 0 spiro atoms. The highest BCUT2D eigenvalue weighted by atomic mass is 15.2. The molecule has 0 radical (unpaired) electrons. The fourth-order valence-corrected chi connectivity index (χ4v) is 2.15. The molecule has 0 saturated heterocycles. The zero-order valence-electron chi connectivity index (χ0n) is 12.2. The van der Waals surface area contributed by atoms with E-state index in [9.17, 15) is 0 Å². The summed E-state index contributed by atoms with van der Waals surface area (Å²) in [5.74, 6) is 1.72. The smallest absolute Gasteiger partial charge is 0.240 e. The number of aryl methyl sites for hydroxylation is 2. The molecule has 1 N–H and O–H groups in total. The number of hydrogen-bond donors (Lipinski definition) is 1. The molecule has 3 rings (SSSR count). The van der Waals surface area contributed by atoms with E-state index in [0.29, 0.717) is 17.7 Å². The van der Waals surface area contributed by atoms with Gasteiger partial charge >= 0.3 is 0 Å². The molecule has 106 valence electrons. The molecule has 0 saturated carbocycles.